The number of aromatic amines is 1. The summed E-state index contributed by atoms with van der Waals surface area (Å²) in [6.07, 6.45) is -1.51. The lowest BCUT2D eigenvalue weighted by atomic mass is 9.91. The molecule has 3 aromatic rings. The van der Waals surface area contributed by atoms with E-state index < -0.39 is 17.8 Å². The van der Waals surface area contributed by atoms with E-state index in [0.717, 1.165) is 35.0 Å². The Labute approximate surface area is 207 Å². The number of aryl methyl sites for hydroxylation is 1. The number of H-pyrrole nitrogens is 1. The van der Waals surface area contributed by atoms with Crippen molar-refractivity contribution < 1.29 is 32.5 Å². The number of aromatic nitrogens is 1. The molecule has 36 heavy (non-hydrogen) atoms. The van der Waals surface area contributed by atoms with Crippen molar-refractivity contribution in [3.05, 3.63) is 64.3 Å². The number of hydrogen-bond acceptors (Lipinski definition) is 4. The highest BCUT2D eigenvalue weighted by Crippen LogP contribution is 2.43. The standard InChI is InChI=1S/C28H30F3NO4/c1-2-35-26(34)13-18-5-9-22-23-14-20(7-10-25(23)32-27(18)22)36-15-16-3-8-21(17-4-6-19(33)12-17)24(11-16)28(29,30)31/h3,7-8,10-11,14,17-19,32-33H,2,4-6,9,12-13,15H2,1H3. The number of alkyl halides is 3. The highest BCUT2D eigenvalue weighted by molar-refractivity contribution is 5.87. The van der Waals surface area contributed by atoms with Crippen molar-refractivity contribution in [3.63, 3.8) is 0 Å². The molecule has 0 radical (unpaired) electrons. The molecular formula is C28H30F3NO4. The van der Waals surface area contributed by atoms with Crippen LogP contribution in [0, 0.1) is 0 Å². The summed E-state index contributed by atoms with van der Waals surface area (Å²) in [6, 6.07) is 10.0. The molecule has 0 bridgehead atoms. The van der Waals surface area contributed by atoms with Gasteiger partial charge in [-0.15, -0.1) is 0 Å². The van der Waals surface area contributed by atoms with Crippen LogP contribution in [0.2, 0.25) is 0 Å². The van der Waals surface area contributed by atoms with Crippen LogP contribution in [-0.4, -0.2) is 28.8 Å². The Bertz CT molecular complexity index is 1270. The van der Waals surface area contributed by atoms with Crippen molar-refractivity contribution in [1.29, 1.82) is 0 Å². The predicted molar refractivity (Wildman–Crippen MR) is 129 cm³/mol. The number of ether oxygens (including phenoxy) is 2. The summed E-state index contributed by atoms with van der Waals surface area (Å²) in [5.41, 5.74) is 3.21. The first-order valence-corrected chi connectivity index (χ1v) is 12.5. The fraction of sp³-hybridized carbons (Fsp3) is 0.464. The van der Waals surface area contributed by atoms with Crippen molar-refractivity contribution >= 4 is 16.9 Å². The zero-order chi connectivity index (χ0) is 25.4. The van der Waals surface area contributed by atoms with E-state index in [-0.39, 0.29) is 30.0 Å². The minimum absolute atomic E-state index is 0.0141. The quantitative estimate of drug-likeness (QED) is 0.369. The molecule has 1 saturated carbocycles. The minimum Gasteiger partial charge on any atom is -0.489 e. The van der Waals surface area contributed by atoms with E-state index in [4.69, 9.17) is 9.47 Å². The number of halogens is 3. The van der Waals surface area contributed by atoms with Gasteiger partial charge in [0.25, 0.3) is 0 Å². The van der Waals surface area contributed by atoms with E-state index in [9.17, 15) is 23.1 Å². The molecule has 2 aliphatic carbocycles. The average Bonchev–Trinajstić information content (AvgIpc) is 3.53. The first-order valence-electron chi connectivity index (χ1n) is 12.5. The molecule has 2 N–H and O–H groups in total. The first kappa shape index (κ1) is 24.7. The molecule has 2 aliphatic rings. The summed E-state index contributed by atoms with van der Waals surface area (Å²) in [5.74, 6) is 0.189. The van der Waals surface area contributed by atoms with Gasteiger partial charge < -0.3 is 19.6 Å². The highest BCUT2D eigenvalue weighted by atomic mass is 19.4. The number of carbonyl (C=O) groups is 1. The summed E-state index contributed by atoms with van der Waals surface area (Å²) in [5, 5.41) is 10.8. The van der Waals surface area contributed by atoms with Crippen molar-refractivity contribution in [2.45, 2.75) is 76.2 Å². The van der Waals surface area contributed by atoms with Crippen LogP contribution in [0.1, 0.15) is 78.8 Å². The molecule has 5 nitrogen and oxygen atoms in total. The van der Waals surface area contributed by atoms with Gasteiger partial charge in [-0.2, -0.15) is 13.2 Å². The van der Waals surface area contributed by atoms with Crippen LogP contribution < -0.4 is 4.74 Å². The molecule has 1 heterocycles. The largest absolute Gasteiger partial charge is 0.489 e. The van der Waals surface area contributed by atoms with E-state index in [2.05, 4.69) is 4.98 Å². The predicted octanol–water partition coefficient (Wildman–Crippen LogP) is 6.38. The van der Waals surface area contributed by atoms with Crippen LogP contribution in [0.15, 0.2) is 36.4 Å². The number of hydrogen-bond donors (Lipinski definition) is 2. The Kier molecular flexibility index (Phi) is 6.72. The number of rotatable bonds is 7. The zero-order valence-corrected chi connectivity index (χ0v) is 20.2. The Hall–Kier alpha value is -3.00. The van der Waals surface area contributed by atoms with Gasteiger partial charge in [-0.05, 0) is 85.9 Å². The lowest BCUT2D eigenvalue weighted by molar-refractivity contribution is -0.143. The van der Waals surface area contributed by atoms with Gasteiger partial charge in [-0.25, -0.2) is 0 Å². The van der Waals surface area contributed by atoms with Gasteiger partial charge in [-0.3, -0.25) is 4.79 Å². The van der Waals surface area contributed by atoms with Crippen LogP contribution in [-0.2, 0) is 28.7 Å². The SMILES string of the molecule is CCOC(=O)CC1CCc2c1[nH]c1ccc(OCc3ccc(C4CCC(O)C4)c(C(F)(F)F)c3)cc21. The molecule has 0 aliphatic heterocycles. The number of fused-ring (bicyclic) bond motifs is 3. The van der Waals surface area contributed by atoms with Gasteiger partial charge in [-0.1, -0.05) is 12.1 Å². The monoisotopic (exact) mass is 501 g/mol. The van der Waals surface area contributed by atoms with Crippen LogP contribution in [0.25, 0.3) is 10.9 Å². The fourth-order valence-corrected chi connectivity index (χ4v) is 5.74. The summed E-state index contributed by atoms with van der Waals surface area (Å²) in [6.45, 7) is 2.17. The molecule has 0 amide bonds. The third-order valence-electron chi connectivity index (χ3n) is 7.45. The van der Waals surface area contributed by atoms with Gasteiger partial charge in [0.1, 0.15) is 12.4 Å². The maximum absolute atomic E-state index is 13.8. The highest BCUT2D eigenvalue weighted by Gasteiger charge is 2.37. The van der Waals surface area contributed by atoms with E-state index in [1.807, 2.05) is 12.1 Å². The normalized spacial score (nSPS) is 21.6. The zero-order valence-electron chi connectivity index (χ0n) is 20.2. The summed E-state index contributed by atoms with van der Waals surface area (Å²) in [7, 11) is 0. The van der Waals surface area contributed by atoms with E-state index in [0.29, 0.717) is 43.6 Å². The molecule has 5 rings (SSSR count). The number of aliphatic hydroxyl groups excluding tert-OH is 1. The van der Waals surface area contributed by atoms with Crippen LogP contribution >= 0.6 is 0 Å². The molecule has 8 heteroatoms. The van der Waals surface area contributed by atoms with Crippen molar-refractivity contribution in [2.75, 3.05) is 6.61 Å². The van der Waals surface area contributed by atoms with E-state index >= 15 is 0 Å². The summed E-state index contributed by atoms with van der Waals surface area (Å²) < 4.78 is 52.5. The molecule has 3 atom stereocenters. The smallest absolute Gasteiger partial charge is 0.416 e. The van der Waals surface area contributed by atoms with Crippen molar-refractivity contribution in [3.8, 4) is 5.75 Å². The molecular weight excluding hydrogens is 471 g/mol. The average molecular weight is 502 g/mol. The lowest BCUT2D eigenvalue weighted by Gasteiger charge is -2.19. The summed E-state index contributed by atoms with van der Waals surface area (Å²) in [4.78, 5) is 15.4. The van der Waals surface area contributed by atoms with Crippen molar-refractivity contribution in [1.82, 2.24) is 4.98 Å². The maximum Gasteiger partial charge on any atom is 0.416 e. The topological polar surface area (TPSA) is 71.6 Å². The van der Waals surface area contributed by atoms with Crippen LogP contribution in [0.4, 0.5) is 13.2 Å². The first-order chi connectivity index (χ1) is 17.2. The van der Waals surface area contributed by atoms with Crippen LogP contribution in [0.5, 0.6) is 5.75 Å². The second-order valence-corrected chi connectivity index (χ2v) is 9.84. The number of aliphatic hydroxyl groups is 1. The Balaban J connectivity index is 1.33. The second kappa shape index (κ2) is 9.81. The Morgan fingerprint density at radius 1 is 1.14 bits per heavy atom. The van der Waals surface area contributed by atoms with Gasteiger partial charge in [0.2, 0.25) is 0 Å². The molecule has 0 saturated heterocycles. The Morgan fingerprint density at radius 3 is 2.69 bits per heavy atom. The minimum atomic E-state index is -4.47. The van der Waals surface area contributed by atoms with Gasteiger partial charge in [0.15, 0.2) is 0 Å². The molecule has 1 aromatic heterocycles. The number of benzene rings is 2. The molecule has 0 spiro atoms. The third-order valence-corrected chi connectivity index (χ3v) is 7.45. The second-order valence-electron chi connectivity index (χ2n) is 9.84. The van der Waals surface area contributed by atoms with E-state index in [1.165, 1.54) is 12.1 Å². The maximum atomic E-state index is 13.8. The van der Waals surface area contributed by atoms with E-state index in [1.54, 1.807) is 19.1 Å². The third kappa shape index (κ3) is 4.96. The molecule has 2 aromatic carbocycles. The van der Waals surface area contributed by atoms with Crippen LogP contribution in [0.3, 0.4) is 0 Å². The van der Waals surface area contributed by atoms with Gasteiger partial charge in [0, 0.05) is 22.5 Å². The molecule has 1 fully saturated rings. The number of nitrogens with one attached hydrogen (secondary N) is 1. The molecule has 3 unspecified atom stereocenters. The summed E-state index contributed by atoms with van der Waals surface area (Å²) >= 11 is 0. The fourth-order valence-electron chi connectivity index (χ4n) is 5.74. The van der Waals surface area contributed by atoms with Crippen molar-refractivity contribution in [2.24, 2.45) is 0 Å². The molecule has 192 valence electrons. The van der Waals surface area contributed by atoms with Gasteiger partial charge in [0.05, 0.1) is 24.7 Å². The number of carbonyl (C=O) groups excluding carboxylic acids is 1. The lowest BCUT2D eigenvalue weighted by Crippen LogP contribution is -2.13. The Morgan fingerprint density at radius 2 is 1.97 bits per heavy atom. The number of esters is 1. The van der Waals surface area contributed by atoms with Gasteiger partial charge >= 0.3 is 12.1 Å².